The van der Waals surface area contributed by atoms with Crippen molar-refractivity contribution in [2.45, 2.75) is 0 Å². The molecular weight excluding hydrogens is 258 g/mol. The van der Waals surface area contributed by atoms with Gasteiger partial charge in [0.05, 0.1) is 16.8 Å². The normalized spacial score (nSPS) is 9.75. The number of phenolic OH excluding ortho intramolecular Hbond substituents is 2. The van der Waals surface area contributed by atoms with Gasteiger partial charge in [-0.3, -0.25) is 4.79 Å². The van der Waals surface area contributed by atoms with Crippen molar-refractivity contribution >= 4 is 17.3 Å². The molecule has 2 rings (SSSR count). The molecule has 0 saturated carbocycles. The van der Waals surface area contributed by atoms with Crippen molar-refractivity contribution < 1.29 is 15.0 Å². The van der Waals surface area contributed by atoms with Crippen LogP contribution < -0.4 is 11.1 Å². The molecule has 1 amide bonds. The average Bonchev–Trinajstić information content (AvgIpc) is 2.40. The molecule has 0 bridgehead atoms. The second kappa shape index (κ2) is 5.20. The van der Waals surface area contributed by atoms with Crippen LogP contribution in [0.3, 0.4) is 0 Å². The third kappa shape index (κ3) is 2.62. The number of aromatic hydroxyl groups is 2. The Morgan fingerprint density at radius 3 is 2.60 bits per heavy atom. The number of anilines is 2. The highest BCUT2D eigenvalue weighted by Crippen LogP contribution is 2.24. The first kappa shape index (κ1) is 13.2. The Kier molecular flexibility index (Phi) is 3.44. The van der Waals surface area contributed by atoms with Gasteiger partial charge in [0.25, 0.3) is 5.91 Å². The number of carbonyl (C=O) groups is 1. The van der Waals surface area contributed by atoms with Crippen LogP contribution in [0.1, 0.15) is 15.9 Å². The van der Waals surface area contributed by atoms with Gasteiger partial charge < -0.3 is 21.3 Å². The van der Waals surface area contributed by atoms with E-state index in [1.54, 1.807) is 6.07 Å². The summed E-state index contributed by atoms with van der Waals surface area (Å²) >= 11 is 0. The summed E-state index contributed by atoms with van der Waals surface area (Å²) in [5, 5.41) is 30.3. The number of hydrogen-bond acceptors (Lipinski definition) is 5. The second-order valence-electron chi connectivity index (χ2n) is 4.07. The Hall–Kier alpha value is -3.20. The van der Waals surface area contributed by atoms with Crippen LogP contribution in [0.4, 0.5) is 11.4 Å². The summed E-state index contributed by atoms with van der Waals surface area (Å²) in [6, 6.07) is 10.0. The summed E-state index contributed by atoms with van der Waals surface area (Å²) in [7, 11) is 0. The minimum absolute atomic E-state index is 0.0106. The summed E-state index contributed by atoms with van der Waals surface area (Å²) in [5.41, 5.74) is 6.46. The van der Waals surface area contributed by atoms with E-state index in [-0.39, 0.29) is 22.6 Å². The fourth-order valence-electron chi connectivity index (χ4n) is 1.67. The fourth-order valence-corrected chi connectivity index (χ4v) is 1.67. The molecule has 0 aliphatic carbocycles. The summed E-state index contributed by atoms with van der Waals surface area (Å²) in [6.07, 6.45) is 0. The molecule has 0 aliphatic heterocycles. The highest BCUT2D eigenvalue weighted by atomic mass is 16.3. The monoisotopic (exact) mass is 269 g/mol. The molecule has 0 unspecified atom stereocenters. The van der Waals surface area contributed by atoms with Crippen LogP contribution in [0.2, 0.25) is 0 Å². The van der Waals surface area contributed by atoms with Gasteiger partial charge in [-0.05, 0) is 30.3 Å². The largest absolute Gasteiger partial charge is 0.508 e. The minimum Gasteiger partial charge on any atom is -0.508 e. The Balaban J connectivity index is 2.31. The van der Waals surface area contributed by atoms with E-state index in [0.29, 0.717) is 11.4 Å². The standard InChI is InChI=1S/C14H11N3O3/c15-7-8-5-9(16)1-4-12(8)17-14(20)11-3-2-10(18)6-13(11)19/h1-6,18-19H,16H2,(H,17,20). The van der Waals surface area contributed by atoms with E-state index in [1.807, 2.05) is 6.07 Å². The minimum atomic E-state index is -0.594. The molecule has 2 aromatic rings. The lowest BCUT2D eigenvalue weighted by atomic mass is 10.1. The third-order valence-electron chi connectivity index (χ3n) is 2.64. The Morgan fingerprint density at radius 1 is 1.20 bits per heavy atom. The topological polar surface area (TPSA) is 119 Å². The predicted octanol–water partition coefficient (Wildman–Crippen LogP) is 1.80. The summed E-state index contributed by atoms with van der Waals surface area (Å²) in [4.78, 5) is 12.0. The molecule has 20 heavy (non-hydrogen) atoms. The number of hydrogen-bond donors (Lipinski definition) is 4. The average molecular weight is 269 g/mol. The van der Waals surface area contributed by atoms with E-state index >= 15 is 0 Å². The quantitative estimate of drug-likeness (QED) is 0.620. The van der Waals surface area contributed by atoms with Gasteiger partial charge in [-0.1, -0.05) is 0 Å². The van der Waals surface area contributed by atoms with Crippen LogP contribution in [0.5, 0.6) is 11.5 Å². The number of carbonyl (C=O) groups excluding carboxylic acids is 1. The molecule has 6 nitrogen and oxygen atoms in total. The van der Waals surface area contributed by atoms with Gasteiger partial charge in [-0.25, -0.2) is 0 Å². The first-order valence-electron chi connectivity index (χ1n) is 5.64. The Bertz CT molecular complexity index is 720. The van der Waals surface area contributed by atoms with Crippen LogP contribution in [0.15, 0.2) is 36.4 Å². The SMILES string of the molecule is N#Cc1cc(N)ccc1NC(=O)c1ccc(O)cc1O. The Morgan fingerprint density at radius 2 is 1.95 bits per heavy atom. The van der Waals surface area contributed by atoms with Crippen molar-refractivity contribution in [2.24, 2.45) is 0 Å². The molecule has 5 N–H and O–H groups in total. The van der Waals surface area contributed by atoms with Gasteiger partial charge in [0, 0.05) is 11.8 Å². The first-order chi connectivity index (χ1) is 9.51. The predicted molar refractivity (Wildman–Crippen MR) is 73.3 cm³/mol. The van der Waals surface area contributed by atoms with Crippen molar-refractivity contribution in [3.8, 4) is 17.6 Å². The molecule has 0 heterocycles. The maximum absolute atomic E-state index is 12.0. The third-order valence-corrected chi connectivity index (χ3v) is 2.64. The van der Waals surface area contributed by atoms with Gasteiger partial charge in [0.15, 0.2) is 0 Å². The summed E-state index contributed by atoms with van der Waals surface area (Å²) in [5.74, 6) is -1.09. The molecule has 100 valence electrons. The smallest absolute Gasteiger partial charge is 0.259 e. The molecular formula is C14H11N3O3. The molecule has 0 aromatic heterocycles. The highest BCUT2D eigenvalue weighted by molar-refractivity contribution is 6.06. The zero-order valence-corrected chi connectivity index (χ0v) is 10.3. The first-order valence-corrected chi connectivity index (χ1v) is 5.64. The highest BCUT2D eigenvalue weighted by Gasteiger charge is 2.13. The van der Waals surface area contributed by atoms with Gasteiger partial charge in [0.1, 0.15) is 17.6 Å². The number of nitriles is 1. The lowest BCUT2D eigenvalue weighted by molar-refractivity contribution is 0.102. The van der Waals surface area contributed by atoms with Gasteiger partial charge in [-0.2, -0.15) is 5.26 Å². The van der Waals surface area contributed by atoms with Gasteiger partial charge in [-0.15, -0.1) is 0 Å². The zero-order chi connectivity index (χ0) is 14.7. The van der Waals surface area contributed by atoms with Crippen LogP contribution in [-0.4, -0.2) is 16.1 Å². The van der Waals surface area contributed by atoms with Crippen molar-refractivity contribution in [1.82, 2.24) is 0 Å². The molecule has 0 saturated heterocycles. The molecule has 0 aliphatic rings. The van der Waals surface area contributed by atoms with E-state index in [0.717, 1.165) is 6.07 Å². The van der Waals surface area contributed by atoms with E-state index in [9.17, 15) is 15.0 Å². The molecule has 0 spiro atoms. The number of nitrogens with one attached hydrogen (secondary N) is 1. The lowest BCUT2D eigenvalue weighted by Crippen LogP contribution is -2.13. The second-order valence-corrected chi connectivity index (χ2v) is 4.07. The fraction of sp³-hybridized carbons (Fsp3) is 0. The lowest BCUT2D eigenvalue weighted by Gasteiger charge is -2.09. The molecule has 6 heteroatoms. The number of nitrogen functional groups attached to an aromatic ring is 1. The maximum Gasteiger partial charge on any atom is 0.259 e. The molecule has 2 aromatic carbocycles. The number of rotatable bonds is 2. The Labute approximate surface area is 114 Å². The number of phenols is 2. The van der Waals surface area contributed by atoms with Crippen molar-refractivity contribution in [3.63, 3.8) is 0 Å². The number of nitrogens with two attached hydrogens (primary N) is 1. The van der Waals surface area contributed by atoms with Gasteiger partial charge >= 0.3 is 0 Å². The van der Waals surface area contributed by atoms with E-state index in [1.165, 1.54) is 24.3 Å². The summed E-state index contributed by atoms with van der Waals surface area (Å²) < 4.78 is 0. The maximum atomic E-state index is 12.0. The van der Waals surface area contributed by atoms with E-state index in [4.69, 9.17) is 11.0 Å². The van der Waals surface area contributed by atoms with Crippen LogP contribution in [0, 0.1) is 11.3 Å². The molecule has 0 radical (unpaired) electrons. The molecule has 0 fully saturated rings. The van der Waals surface area contributed by atoms with Crippen molar-refractivity contribution in [3.05, 3.63) is 47.5 Å². The number of amides is 1. The van der Waals surface area contributed by atoms with Crippen molar-refractivity contribution in [1.29, 1.82) is 5.26 Å². The number of nitrogens with zero attached hydrogens (tertiary/aromatic N) is 1. The summed E-state index contributed by atoms with van der Waals surface area (Å²) in [6.45, 7) is 0. The van der Waals surface area contributed by atoms with Crippen LogP contribution in [0.25, 0.3) is 0 Å². The number of benzene rings is 2. The van der Waals surface area contributed by atoms with Crippen LogP contribution in [-0.2, 0) is 0 Å². The van der Waals surface area contributed by atoms with E-state index in [2.05, 4.69) is 5.32 Å². The van der Waals surface area contributed by atoms with E-state index < -0.39 is 5.91 Å². The van der Waals surface area contributed by atoms with Crippen LogP contribution >= 0.6 is 0 Å². The molecule has 0 atom stereocenters. The van der Waals surface area contributed by atoms with Crippen molar-refractivity contribution in [2.75, 3.05) is 11.1 Å². The van der Waals surface area contributed by atoms with Gasteiger partial charge in [0.2, 0.25) is 0 Å². The zero-order valence-electron chi connectivity index (χ0n) is 10.3.